The van der Waals surface area contributed by atoms with Crippen LogP contribution in [0.4, 0.5) is 5.82 Å². The van der Waals surface area contributed by atoms with Gasteiger partial charge in [-0.25, -0.2) is 4.98 Å². The molecule has 0 aromatic carbocycles. The standard InChI is InChI=1S/C16H22N4O3/c21-15(18-19-16(22)13-4-3-11-23-13)12-6-9-20(10-7-12)14-5-1-2-8-17-14/h1-2,5,8,12-13H,3-4,6-7,9-11H2,(H,18,21)(H,19,22). The summed E-state index contributed by atoms with van der Waals surface area (Å²) >= 11 is 0. The van der Waals surface area contributed by atoms with Crippen LogP contribution < -0.4 is 15.8 Å². The second kappa shape index (κ2) is 7.41. The third-order valence-corrected chi connectivity index (χ3v) is 4.37. The van der Waals surface area contributed by atoms with Gasteiger partial charge in [-0.05, 0) is 37.8 Å². The van der Waals surface area contributed by atoms with Crippen molar-refractivity contribution in [3.8, 4) is 0 Å². The van der Waals surface area contributed by atoms with Crippen LogP contribution in [0.15, 0.2) is 24.4 Å². The summed E-state index contributed by atoms with van der Waals surface area (Å²) in [5.41, 5.74) is 5.01. The fraction of sp³-hybridized carbons (Fsp3) is 0.562. The highest BCUT2D eigenvalue weighted by Crippen LogP contribution is 2.21. The zero-order valence-corrected chi connectivity index (χ0v) is 13.0. The van der Waals surface area contributed by atoms with Gasteiger partial charge < -0.3 is 9.64 Å². The SMILES string of the molecule is O=C(NNC(=O)C1CCCO1)C1CCN(c2ccccn2)CC1. The van der Waals surface area contributed by atoms with Crippen LogP contribution in [0, 0.1) is 5.92 Å². The molecule has 2 saturated heterocycles. The Hall–Kier alpha value is -2.15. The molecule has 7 nitrogen and oxygen atoms in total. The van der Waals surface area contributed by atoms with E-state index in [-0.39, 0.29) is 17.7 Å². The Kier molecular flexibility index (Phi) is 5.07. The number of carbonyl (C=O) groups excluding carboxylic acids is 2. The molecule has 0 radical (unpaired) electrons. The molecule has 0 saturated carbocycles. The summed E-state index contributed by atoms with van der Waals surface area (Å²) in [6.45, 7) is 2.18. The average molecular weight is 318 g/mol. The van der Waals surface area contributed by atoms with Crippen molar-refractivity contribution in [3.05, 3.63) is 24.4 Å². The Bertz CT molecular complexity index is 538. The summed E-state index contributed by atoms with van der Waals surface area (Å²) in [6.07, 6.45) is 4.44. The largest absolute Gasteiger partial charge is 0.368 e. The van der Waals surface area contributed by atoms with Crippen molar-refractivity contribution in [2.45, 2.75) is 31.8 Å². The number of aromatic nitrogens is 1. The van der Waals surface area contributed by atoms with Gasteiger partial charge in [-0.15, -0.1) is 0 Å². The minimum Gasteiger partial charge on any atom is -0.368 e. The third-order valence-electron chi connectivity index (χ3n) is 4.37. The lowest BCUT2D eigenvalue weighted by molar-refractivity contribution is -0.136. The summed E-state index contributed by atoms with van der Waals surface area (Å²) in [5, 5.41) is 0. The van der Waals surface area contributed by atoms with Crippen LogP contribution in [-0.2, 0) is 14.3 Å². The van der Waals surface area contributed by atoms with Gasteiger partial charge in [-0.2, -0.15) is 0 Å². The van der Waals surface area contributed by atoms with Crippen LogP contribution in [0.5, 0.6) is 0 Å². The first-order valence-corrected chi connectivity index (χ1v) is 8.11. The Labute approximate surface area is 135 Å². The average Bonchev–Trinajstić information content (AvgIpc) is 3.15. The molecule has 1 aromatic rings. The molecule has 0 spiro atoms. The maximum absolute atomic E-state index is 12.2. The predicted octanol–water partition coefficient (Wildman–Crippen LogP) is 0.624. The predicted molar refractivity (Wildman–Crippen MR) is 84.4 cm³/mol. The maximum Gasteiger partial charge on any atom is 0.267 e. The number of rotatable bonds is 3. The topological polar surface area (TPSA) is 83.6 Å². The molecule has 23 heavy (non-hydrogen) atoms. The number of nitrogens with zero attached hydrogens (tertiary/aromatic N) is 2. The van der Waals surface area contributed by atoms with E-state index in [0.29, 0.717) is 13.0 Å². The molecule has 2 fully saturated rings. The first kappa shape index (κ1) is 15.7. The van der Waals surface area contributed by atoms with Crippen molar-refractivity contribution in [1.82, 2.24) is 15.8 Å². The normalized spacial score (nSPS) is 21.9. The summed E-state index contributed by atoms with van der Waals surface area (Å²) in [4.78, 5) is 30.5. The molecule has 0 aliphatic carbocycles. The Morgan fingerprint density at radius 3 is 2.57 bits per heavy atom. The highest BCUT2D eigenvalue weighted by atomic mass is 16.5. The van der Waals surface area contributed by atoms with Crippen molar-refractivity contribution in [2.24, 2.45) is 5.92 Å². The monoisotopic (exact) mass is 318 g/mol. The quantitative estimate of drug-likeness (QED) is 0.799. The van der Waals surface area contributed by atoms with E-state index < -0.39 is 6.10 Å². The molecule has 1 aromatic heterocycles. The molecule has 7 heteroatoms. The van der Waals surface area contributed by atoms with Crippen LogP contribution in [-0.4, -0.2) is 42.6 Å². The van der Waals surface area contributed by atoms with E-state index in [1.165, 1.54) is 0 Å². The summed E-state index contributed by atoms with van der Waals surface area (Å²) in [5.74, 6) is 0.469. The Balaban J connectivity index is 1.42. The van der Waals surface area contributed by atoms with Gasteiger partial charge in [0.1, 0.15) is 11.9 Å². The molecule has 124 valence electrons. The number of ether oxygens (including phenoxy) is 1. The van der Waals surface area contributed by atoms with Crippen molar-refractivity contribution in [3.63, 3.8) is 0 Å². The lowest BCUT2D eigenvalue weighted by Crippen LogP contribution is -2.50. The van der Waals surface area contributed by atoms with Gasteiger partial charge in [0.15, 0.2) is 0 Å². The molecule has 2 aliphatic heterocycles. The number of hydrogen-bond acceptors (Lipinski definition) is 5. The second-order valence-electron chi connectivity index (χ2n) is 5.93. The molecule has 1 atom stereocenters. The van der Waals surface area contributed by atoms with Crippen LogP contribution in [0.2, 0.25) is 0 Å². The van der Waals surface area contributed by atoms with Crippen LogP contribution in [0.3, 0.4) is 0 Å². The smallest absolute Gasteiger partial charge is 0.267 e. The molecule has 2 amide bonds. The molecule has 3 rings (SSSR count). The fourth-order valence-corrected chi connectivity index (χ4v) is 3.00. The number of hydrazine groups is 1. The fourth-order valence-electron chi connectivity index (χ4n) is 3.00. The molecule has 2 aliphatic rings. The van der Waals surface area contributed by atoms with Gasteiger partial charge in [0.2, 0.25) is 5.91 Å². The van der Waals surface area contributed by atoms with Gasteiger partial charge >= 0.3 is 0 Å². The number of carbonyl (C=O) groups is 2. The van der Waals surface area contributed by atoms with E-state index >= 15 is 0 Å². The van der Waals surface area contributed by atoms with E-state index in [4.69, 9.17) is 4.74 Å². The van der Waals surface area contributed by atoms with Gasteiger partial charge in [0.25, 0.3) is 5.91 Å². The number of pyridine rings is 1. The molecule has 1 unspecified atom stereocenters. The first-order chi connectivity index (χ1) is 11.2. The molecule has 0 bridgehead atoms. The minimum atomic E-state index is -0.429. The molecule has 2 N–H and O–H groups in total. The number of nitrogens with one attached hydrogen (secondary N) is 2. The van der Waals surface area contributed by atoms with Gasteiger partial charge in [-0.3, -0.25) is 20.4 Å². The van der Waals surface area contributed by atoms with Gasteiger partial charge in [-0.1, -0.05) is 6.07 Å². The van der Waals surface area contributed by atoms with Crippen LogP contribution in [0.25, 0.3) is 0 Å². The van der Waals surface area contributed by atoms with Crippen molar-refractivity contribution < 1.29 is 14.3 Å². The van der Waals surface area contributed by atoms with E-state index in [9.17, 15) is 9.59 Å². The second-order valence-corrected chi connectivity index (χ2v) is 5.93. The highest BCUT2D eigenvalue weighted by molar-refractivity contribution is 5.85. The van der Waals surface area contributed by atoms with Crippen molar-refractivity contribution in [2.75, 3.05) is 24.6 Å². The lowest BCUT2D eigenvalue weighted by Gasteiger charge is -2.32. The third kappa shape index (κ3) is 3.98. The zero-order valence-electron chi connectivity index (χ0n) is 13.0. The first-order valence-electron chi connectivity index (χ1n) is 8.11. The summed E-state index contributed by atoms with van der Waals surface area (Å²) in [6, 6.07) is 5.82. The van der Waals surface area contributed by atoms with Crippen molar-refractivity contribution >= 4 is 17.6 Å². The number of amides is 2. The van der Waals surface area contributed by atoms with E-state index in [1.54, 1.807) is 6.20 Å². The Morgan fingerprint density at radius 2 is 1.91 bits per heavy atom. The highest BCUT2D eigenvalue weighted by Gasteiger charge is 2.27. The van der Waals surface area contributed by atoms with Crippen LogP contribution >= 0.6 is 0 Å². The summed E-state index contributed by atoms with van der Waals surface area (Å²) < 4.78 is 5.28. The van der Waals surface area contributed by atoms with E-state index in [1.807, 2.05) is 18.2 Å². The van der Waals surface area contributed by atoms with E-state index in [2.05, 4.69) is 20.7 Å². The van der Waals surface area contributed by atoms with Crippen molar-refractivity contribution in [1.29, 1.82) is 0 Å². The van der Waals surface area contributed by atoms with Crippen LogP contribution in [0.1, 0.15) is 25.7 Å². The van der Waals surface area contributed by atoms with Gasteiger partial charge in [0, 0.05) is 31.8 Å². The number of hydrogen-bond donors (Lipinski definition) is 2. The molecular weight excluding hydrogens is 296 g/mol. The molecular formula is C16H22N4O3. The lowest BCUT2D eigenvalue weighted by atomic mass is 9.96. The van der Waals surface area contributed by atoms with Gasteiger partial charge in [0.05, 0.1) is 0 Å². The number of piperidine rings is 1. The van der Waals surface area contributed by atoms with E-state index in [0.717, 1.165) is 38.2 Å². The maximum atomic E-state index is 12.2. The Morgan fingerprint density at radius 1 is 1.13 bits per heavy atom. The summed E-state index contributed by atoms with van der Waals surface area (Å²) in [7, 11) is 0. The molecule has 3 heterocycles. The number of anilines is 1. The zero-order chi connectivity index (χ0) is 16.1. The minimum absolute atomic E-state index is 0.0836.